The molecule has 86 heavy (non-hydrogen) atoms. The van der Waals surface area contributed by atoms with E-state index in [0.29, 0.717) is 17.4 Å². The standard InChI is InChI=1S/C76H130NO8P/c1-6-8-10-12-14-16-18-20-22-24-26-28-30-32-34-35-36-37-38-39-40-41-43-45-47-49-51-53-55-57-59-61-63-65-67-69-76(79)85-74(73-84-86(80,81)83-71-70-77(3,4)5)72-82-75(78)68-66-64-62-60-58-56-54-52-50-48-46-44-42-33-31-29-27-25-23-21-19-17-15-13-11-9-7-2/h8,10,14,16,20,22,25-28,32,34,36-37,39-40,43,45,49,51,55,57,74H,6-7,9,11-13,15,17-19,21,23-24,29-31,33,35,38,41-42,44,46-48,50,52-54,56,58-73H2,1-5H3/b10-8-,16-14-,22-20-,27-25-,28-26-,34-32-,37-36-,40-39-,45-43-,51-49-,57-55-. The first-order valence-electron chi connectivity index (χ1n) is 34.9. The molecular weight excluding hydrogens is 1090 g/mol. The van der Waals surface area contributed by atoms with E-state index >= 15 is 0 Å². The van der Waals surface area contributed by atoms with Gasteiger partial charge in [-0.25, -0.2) is 0 Å². The molecule has 0 radical (unpaired) electrons. The summed E-state index contributed by atoms with van der Waals surface area (Å²) in [5.74, 6) is -0.863. The predicted octanol–water partition coefficient (Wildman–Crippen LogP) is 22.2. The minimum Gasteiger partial charge on any atom is -0.756 e. The summed E-state index contributed by atoms with van der Waals surface area (Å²) in [5.41, 5.74) is 0. The van der Waals surface area contributed by atoms with Gasteiger partial charge in [0, 0.05) is 12.8 Å². The number of rotatable bonds is 63. The second-order valence-corrected chi connectivity index (χ2v) is 25.6. The van der Waals surface area contributed by atoms with E-state index in [1.165, 1.54) is 141 Å². The largest absolute Gasteiger partial charge is 0.756 e. The van der Waals surface area contributed by atoms with Gasteiger partial charge in [0.15, 0.2) is 6.10 Å². The van der Waals surface area contributed by atoms with Gasteiger partial charge >= 0.3 is 11.9 Å². The maximum absolute atomic E-state index is 12.9. The zero-order valence-electron chi connectivity index (χ0n) is 56.0. The fraction of sp³-hybridized carbons (Fsp3) is 0.684. The number of carbonyl (C=O) groups excluding carboxylic acids is 2. The van der Waals surface area contributed by atoms with Gasteiger partial charge in [-0.05, 0) is 116 Å². The second kappa shape index (κ2) is 65.6. The fourth-order valence-electron chi connectivity index (χ4n) is 9.33. The van der Waals surface area contributed by atoms with Crippen molar-refractivity contribution < 1.29 is 42.1 Å². The number of hydrogen-bond donors (Lipinski definition) is 0. The average Bonchev–Trinajstić information content (AvgIpc) is 3.56. The van der Waals surface area contributed by atoms with Gasteiger partial charge < -0.3 is 27.9 Å². The van der Waals surface area contributed by atoms with E-state index in [4.69, 9.17) is 18.5 Å². The molecule has 0 N–H and O–H groups in total. The van der Waals surface area contributed by atoms with Crippen LogP contribution in [0.25, 0.3) is 0 Å². The van der Waals surface area contributed by atoms with E-state index in [1.54, 1.807) is 0 Å². The summed E-state index contributed by atoms with van der Waals surface area (Å²) in [6, 6.07) is 0. The third-order valence-corrected chi connectivity index (χ3v) is 15.6. The highest BCUT2D eigenvalue weighted by atomic mass is 31.2. The van der Waals surface area contributed by atoms with E-state index in [9.17, 15) is 19.0 Å². The lowest BCUT2D eigenvalue weighted by atomic mass is 10.0. The van der Waals surface area contributed by atoms with E-state index in [1.807, 2.05) is 21.1 Å². The summed E-state index contributed by atoms with van der Waals surface area (Å²) in [4.78, 5) is 38.1. The number of unbranched alkanes of at least 4 members (excludes halogenated alkanes) is 27. The highest BCUT2D eigenvalue weighted by Gasteiger charge is 2.22. The molecule has 0 aliphatic rings. The molecule has 2 atom stereocenters. The van der Waals surface area contributed by atoms with Gasteiger partial charge in [-0.3, -0.25) is 14.2 Å². The summed E-state index contributed by atoms with van der Waals surface area (Å²) in [5, 5.41) is 0. The van der Waals surface area contributed by atoms with Crippen LogP contribution in [-0.4, -0.2) is 70.0 Å². The summed E-state index contributed by atoms with van der Waals surface area (Å²) in [7, 11) is 1.14. The van der Waals surface area contributed by atoms with Gasteiger partial charge in [-0.1, -0.05) is 289 Å². The second-order valence-electron chi connectivity index (χ2n) is 24.2. The molecule has 0 aliphatic heterocycles. The van der Waals surface area contributed by atoms with Gasteiger partial charge in [0.25, 0.3) is 7.82 Å². The SMILES string of the molecule is CC/C=C\C/C=C\C/C=C\C/C=C\C/C=C\C/C=C\C/C=C\C/C=C\C/C=C\C/C=C\CCCCCCC(=O)OC(COC(=O)CCCCCCCCCCCCCCCCC/C=C\CCCCCCCCCC)COP(=O)([O-])OCC[N+](C)(C)C. The lowest BCUT2D eigenvalue weighted by molar-refractivity contribution is -0.870. The first kappa shape index (κ1) is 82.1. The maximum atomic E-state index is 12.9. The predicted molar refractivity (Wildman–Crippen MR) is 369 cm³/mol. The van der Waals surface area contributed by atoms with Crippen LogP contribution in [0.4, 0.5) is 0 Å². The third kappa shape index (κ3) is 69.3. The molecule has 0 heterocycles. The van der Waals surface area contributed by atoms with Crippen LogP contribution in [0.2, 0.25) is 0 Å². The maximum Gasteiger partial charge on any atom is 0.306 e. The molecule has 10 heteroatoms. The molecule has 0 saturated heterocycles. The zero-order valence-corrected chi connectivity index (χ0v) is 56.9. The Hall–Kier alpha value is -3.85. The van der Waals surface area contributed by atoms with E-state index in [2.05, 4.69) is 148 Å². The number of phosphoric ester groups is 1. The van der Waals surface area contributed by atoms with E-state index < -0.39 is 32.5 Å². The normalized spacial score (nSPS) is 14.0. The van der Waals surface area contributed by atoms with Crippen molar-refractivity contribution in [3.05, 3.63) is 134 Å². The van der Waals surface area contributed by atoms with Crippen LogP contribution >= 0.6 is 7.82 Å². The number of phosphoric acid groups is 1. The van der Waals surface area contributed by atoms with E-state index in [-0.39, 0.29) is 26.1 Å². The molecule has 0 amide bonds. The molecule has 9 nitrogen and oxygen atoms in total. The Morgan fingerprint density at radius 3 is 1.00 bits per heavy atom. The van der Waals surface area contributed by atoms with Crippen LogP contribution in [0.1, 0.15) is 284 Å². The summed E-state index contributed by atoms with van der Waals surface area (Å²) >= 11 is 0. The lowest BCUT2D eigenvalue weighted by Crippen LogP contribution is -2.37. The number of nitrogens with zero attached hydrogens (tertiary/aromatic N) is 1. The smallest absolute Gasteiger partial charge is 0.306 e. The topological polar surface area (TPSA) is 111 Å². The van der Waals surface area contributed by atoms with Crippen molar-refractivity contribution in [3.8, 4) is 0 Å². The van der Waals surface area contributed by atoms with Crippen molar-refractivity contribution in [2.75, 3.05) is 47.5 Å². The Labute approximate surface area is 530 Å². The van der Waals surface area contributed by atoms with Gasteiger partial charge in [0.1, 0.15) is 19.8 Å². The number of esters is 2. The number of carbonyl (C=O) groups is 2. The van der Waals surface area contributed by atoms with Crippen LogP contribution in [0, 0.1) is 0 Å². The third-order valence-electron chi connectivity index (χ3n) is 14.7. The summed E-state index contributed by atoms with van der Waals surface area (Å²) in [6.45, 7) is 4.11. The van der Waals surface area contributed by atoms with Gasteiger partial charge in [-0.15, -0.1) is 0 Å². The molecule has 0 spiro atoms. The van der Waals surface area contributed by atoms with Crippen molar-refractivity contribution in [2.24, 2.45) is 0 Å². The van der Waals surface area contributed by atoms with Crippen LogP contribution in [0.3, 0.4) is 0 Å². The van der Waals surface area contributed by atoms with Crippen LogP contribution < -0.4 is 4.89 Å². The summed E-state index contributed by atoms with van der Waals surface area (Å²) in [6.07, 6.45) is 95.3. The van der Waals surface area contributed by atoms with Crippen molar-refractivity contribution >= 4 is 19.8 Å². The number of allylic oxidation sites excluding steroid dienone is 22. The van der Waals surface area contributed by atoms with Crippen molar-refractivity contribution in [2.45, 2.75) is 290 Å². The van der Waals surface area contributed by atoms with E-state index in [0.717, 1.165) is 109 Å². The Kier molecular flexibility index (Phi) is 62.7. The molecule has 0 fully saturated rings. The molecule has 0 rings (SSSR count). The molecule has 0 aliphatic carbocycles. The van der Waals surface area contributed by atoms with Gasteiger partial charge in [-0.2, -0.15) is 0 Å². The molecule has 0 saturated carbocycles. The minimum absolute atomic E-state index is 0.0422. The highest BCUT2D eigenvalue weighted by molar-refractivity contribution is 7.45. The quantitative estimate of drug-likeness (QED) is 0.0195. The number of ether oxygens (including phenoxy) is 2. The van der Waals surface area contributed by atoms with Crippen molar-refractivity contribution in [1.82, 2.24) is 0 Å². The highest BCUT2D eigenvalue weighted by Crippen LogP contribution is 2.38. The first-order valence-corrected chi connectivity index (χ1v) is 36.4. The van der Waals surface area contributed by atoms with Gasteiger partial charge in [0.2, 0.25) is 0 Å². The number of quaternary nitrogens is 1. The fourth-order valence-corrected chi connectivity index (χ4v) is 10.1. The first-order chi connectivity index (χ1) is 42.0. The molecule has 2 unspecified atom stereocenters. The Morgan fingerprint density at radius 2 is 0.663 bits per heavy atom. The Bertz CT molecular complexity index is 1910. The monoisotopic (exact) mass is 1220 g/mol. The zero-order chi connectivity index (χ0) is 62.6. The Morgan fingerprint density at radius 1 is 0.372 bits per heavy atom. The molecule has 0 aromatic heterocycles. The number of likely N-dealkylation sites (N-methyl/N-ethyl adjacent to an activating group) is 1. The summed E-state index contributed by atoms with van der Waals surface area (Å²) < 4.78 is 34.3. The molecule has 492 valence electrons. The van der Waals surface area contributed by atoms with Crippen molar-refractivity contribution in [1.29, 1.82) is 0 Å². The molecule has 0 aromatic rings. The Balaban J connectivity index is 4.17. The average molecular weight is 1220 g/mol. The molecule has 0 aromatic carbocycles. The van der Waals surface area contributed by atoms with Crippen molar-refractivity contribution in [3.63, 3.8) is 0 Å². The van der Waals surface area contributed by atoms with Crippen LogP contribution in [0.5, 0.6) is 0 Å². The van der Waals surface area contributed by atoms with Crippen LogP contribution in [-0.2, 0) is 32.7 Å². The molecule has 0 bridgehead atoms. The number of hydrogen-bond acceptors (Lipinski definition) is 8. The molecular formula is C76H130NO8P. The minimum atomic E-state index is -4.66. The lowest BCUT2D eigenvalue weighted by Gasteiger charge is -2.28. The van der Waals surface area contributed by atoms with Crippen LogP contribution in [0.15, 0.2) is 134 Å². The van der Waals surface area contributed by atoms with Gasteiger partial charge in [0.05, 0.1) is 27.7 Å².